The minimum absolute atomic E-state index is 0.0666. The third-order valence-corrected chi connectivity index (χ3v) is 2.55. The molecule has 5 nitrogen and oxygen atoms in total. The Kier molecular flexibility index (Phi) is 3.51. The van der Waals surface area contributed by atoms with Crippen molar-refractivity contribution in [3.8, 4) is 6.07 Å². The van der Waals surface area contributed by atoms with Gasteiger partial charge in [-0.05, 0) is 12.1 Å². The molecule has 0 aliphatic heterocycles. The Labute approximate surface area is 108 Å². The highest BCUT2D eigenvalue weighted by Gasteiger charge is 2.10. The second kappa shape index (κ2) is 5.25. The van der Waals surface area contributed by atoms with Gasteiger partial charge in [0, 0.05) is 0 Å². The molecule has 6 heteroatoms. The average Bonchev–Trinajstić information content (AvgIpc) is 2.40. The van der Waals surface area contributed by atoms with Crippen molar-refractivity contribution in [2.45, 2.75) is 0 Å². The maximum atomic E-state index is 10.9. The van der Waals surface area contributed by atoms with E-state index in [9.17, 15) is 4.79 Å². The van der Waals surface area contributed by atoms with Crippen LogP contribution in [0.25, 0.3) is 0 Å². The molecule has 0 amide bonds. The predicted octanol–water partition coefficient (Wildman–Crippen LogP) is 2.56. The molecule has 0 saturated carbocycles. The molecule has 0 fully saturated rings. The van der Waals surface area contributed by atoms with Gasteiger partial charge in [-0.15, -0.1) is 0 Å². The Bertz CT molecular complexity index is 636. The van der Waals surface area contributed by atoms with Crippen LogP contribution in [-0.2, 0) is 0 Å². The first-order valence-corrected chi connectivity index (χ1v) is 5.36. The number of halogens is 1. The van der Waals surface area contributed by atoms with Gasteiger partial charge in [0.15, 0.2) is 6.29 Å². The Hall–Kier alpha value is -2.45. The second-order valence-electron chi connectivity index (χ2n) is 3.33. The van der Waals surface area contributed by atoms with Crippen molar-refractivity contribution in [2.75, 3.05) is 5.32 Å². The molecule has 0 saturated heterocycles. The lowest BCUT2D eigenvalue weighted by Crippen LogP contribution is -2.01. The zero-order valence-electron chi connectivity index (χ0n) is 9.09. The van der Waals surface area contributed by atoms with Gasteiger partial charge < -0.3 is 5.32 Å². The van der Waals surface area contributed by atoms with Crippen molar-refractivity contribution in [1.29, 1.82) is 5.26 Å². The number of carbonyl (C=O) groups is 1. The lowest BCUT2D eigenvalue weighted by Gasteiger charge is -2.09. The lowest BCUT2D eigenvalue weighted by molar-refractivity contribution is 0.112. The van der Waals surface area contributed by atoms with E-state index >= 15 is 0 Å². The van der Waals surface area contributed by atoms with Crippen LogP contribution in [0.1, 0.15) is 15.9 Å². The highest BCUT2D eigenvalue weighted by atomic mass is 35.5. The molecule has 1 aromatic heterocycles. The monoisotopic (exact) mass is 258 g/mol. The zero-order valence-corrected chi connectivity index (χ0v) is 9.85. The van der Waals surface area contributed by atoms with E-state index < -0.39 is 0 Å². The predicted molar refractivity (Wildman–Crippen MR) is 66.9 cm³/mol. The molecule has 1 heterocycles. The van der Waals surface area contributed by atoms with E-state index in [-0.39, 0.29) is 16.5 Å². The van der Waals surface area contributed by atoms with Gasteiger partial charge in [-0.25, -0.2) is 9.97 Å². The van der Waals surface area contributed by atoms with E-state index in [4.69, 9.17) is 16.9 Å². The fraction of sp³-hybridized carbons (Fsp3) is 0. The molecule has 0 aliphatic carbocycles. The summed E-state index contributed by atoms with van der Waals surface area (Å²) in [6.45, 7) is 0. The van der Waals surface area contributed by atoms with Crippen molar-refractivity contribution >= 4 is 29.4 Å². The van der Waals surface area contributed by atoms with E-state index in [1.165, 1.54) is 6.33 Å². The maximum absolute atomic E-state index is 10.9. The number of anilines is 2. The minimum Gasteiger partial charge on any atom is -0.338 e. The van der Waals surface area contributed by atoms with E-state index in [1.54, 1.807) is 24.3 Å². The second-order valence-corrected chi connectivity index (χ2v) is 3.69. The number of nitriles is 1. The maximum Gasteiger partial charge on any atom is 0.156 e. The van der Waals surface area contributed by atoms with Gasteiger partial charge in [0.1, 0.15) is 23.4 Å². The van der Waals surface area contributed by atoms with Crippen LogP contribution in [-0.4, -0.2) is 16.3 Å². The van der Waals surface area contributed by atoms with Gasteiger partial charge >= 0.3 is 0 Å². The number of rotatable bonds is 3. The van der Waals surface area contributed by atoms with Crippen LogP contribution in [0.4, 0.5) is 11.5 Å². The SMILES string of the molecule is N#Cc1ccccc1Nc1ncnc(Cl)c1C=O. The van der Waals surface area contributed by atoms with E-state index in [0.29, 0.717) is 17.5 Å². The third-order valence-electron chi connectivity index (χ3n) is 2.25. The van der Waals surface area contributed by atoms with E-state index in [2.05, 4.69) is 15.3 Å². The van der Waals surface area contributed by atoms with E-state index in [0.717, 1.165) is 0 Å². The van der Waals surface area contributed by atoms with Crippen LogP contribution in [0.15, 0.2) is 30.6 Å². The largest absolute Gasteiger partial charge is 0.338 e. The summed E-state index contributed by atoms with van der Waals surface area (Å²) in [5.41, 5.74) is 1.16. The molecule has 2 aromatic rings. The molecule has 88 valence electrons. The Balaban J connectivity index is 2.44. The van der Waals surface area contributed by atoms with Gasteiger partial charge in [0.2, 0.25) is 0 Å². The summed E-state index contributed by atoms with van der Waals surface area (Å²) < 4.78 is 0. The van der Waals surface area contributed by atoms with Crippen molar-refractivity contribution in [3.05, 3.63) is 46.9 Å². The first-order chi connectivity index (χ1) is 8.76. The summed E-state index contributed by atoms with van der Waals surface area (Å²) >= 11 is 5.78. The molecule has 0 unspecified atom stereocenters. The lowest BCUT2D eigenvalue weighted by atomic mass is 10.2. The number of nitrogens with zero attached hydrogens (tertiary/aromatic N) is 3. The first kappa shape index (κ1) is 12.0. The molecule has 18 heavy (non-hydrogen) atoms. The smallest absolute Gasteiger partial charge is 0.156 e. The molecular formula is C12H7ClN4O. The van der Waals surface area contributed by atoms with Gasteiger partial charge in [-0.3, -0.25) is 4.79 Å². The number of carbonyl (C=O) groups excluding carboxylic acids is 1. The number of hydrogen-bond acceptors (Lipinski definition) is 5. The third kappa shape index (κ3) is 2.29. The number of hydrogen-bond donors (Lipinski definition) is 1. The number of benzene rings is 1. The van der Waals surface area contributed by atoms with Crippen LogP contribution in [0, 0.1) is 11.3 Å². The van der Waals surface area contributed by atoms with Crippen LogP contribution in [0.5, 0.6) is 0 Å². The molecule has 1 N–H and O–H groups in total. The normalized spacial score (nSPS) is 9.56. The van der Waals surface area contributed by atoms with Crippen molar-refractivity contribution < 1.29 is 4.79 Å². The average molecular weight is 259 g/mol. The van der Waals surface area contributed by atoms with Crippen LogP contribution >= 0.6 is 11.6 Å². The Morgan fingerprint density at radius 3 is 2.83 bits per heavy atom. The number of aldehydes is 1. The molecule has 2 rings (SSSR count). The summed E-state index contributed by atoms with van der Waals surface area (Å²) in [6, 6.07) is 8.93. The van der Waals surface area contributed by atoms with Crippen LogP contribution in [0.3, 0.4) is 0 Å². The van der Waals surface area contributed by atoms with Crippen molar-refractivity contribution in [2.24, 2.45) is 0 Å². The summed E-state index contributed by atoms with van der Waals surface area (Å²) in [7, 11) is 0. The number of para-hydroxylation sites is 1. The molecule has 0 atom stereocenters. The summed E-state index contributed by atoms with van der Waals surface area (Å²) in [5, 5.41) is 11.9. The summed E-state index contributed by atoms with van der Waals surface area (Å²) in [5.74, 6) is 0.271. The number of nitrogens with one attached hydrogen (secondary N) is 1. The highest BCUT2D eigenvalue weighted by Crippen LogP contribution is 2.23. The molecule has 0 spiro atoms. The first-order valence-electron chi connectivity index (χ1n) is 4.98. The molecule has 0 bridgehead atoms. The van der Waals surface area contributed by atoms with Crippen molar-refractivity contribution in [3.63, 3.8) is 0 Å². The zero-order chi connectivity index (χ0) is 13.0. The van der Waals surface area contributed by atoms with Gasteiger partial charge in [0.25, 0.3) is 0 Å². The fourth-order valence-electron chi connectivity index (χ4n) is 1.40. The Morgan fingerprint density at radius 1 is 1.33 bits per heavy atom. The Morgan fingerprint density at radius 2 is 2.11 bits per heavy atom. The van der Waals surface area contributed by atoms with Gasteiger partial charge in [-0.2, -0.15) is 5.26 Å². The van der Waals surface area contributed by atoms with Crippen molar-refractivity contribution in [1.82, 2.24) is 9.97 Å². The summed E-state index contributed by atoms with van der Waals surface area (Å²) in [6.07, 6.45) is 1.81. The topological polar surface area (TPSA) is 78.7 Å². The van der Waals surface area contributed by atoms with Gasteiger partial charge in [0.05, 0.1) is 16.8 Å². The van der Waals surface area contributed by atoms with Crippen LogP contribution in [0.2, 0.25) is 5.15 Å². The molecule has 1 aromatic carbocycles. The summed E-state index contributed by atoms with van der Waals surface area (Å²) in [4.78, 5) is 18.6. The standard InChI is InChI=1S/C12H7ClN4O/c13-11-9(6-18)12(16-7-15-11)17-10-4-2-1-3-8(10)5-14/h1-4,6-7H,(H,15,16,17). The minimum atomic E-state index is 0.0666. The molecule has 0 radical (unpaired) electrons. The van der Waals surface area contributed by atoms with Crippen LogP contribution < -0.4 is 5.32 Å². The molecular weight excluding hydrogens is 252 g/mol. The van der Waals surface area contributed by atoms with Gasteiger partial charge in [-0.1, -0.05) is 23.7 Å². The number of aromatic nitrogens is 2. The fourth-order valence-corrected chi connectivity index (χ4v) is 1.57. The molecule has 0 aliphatic rings. The highest BCUT2D eigenvalue weighted by molar-refractivity contribution is 6.32. The van der Waals surface area contributed by atoms with E-state index in [1.807, 2.05) is 6.07 Å². The quantitative estimate of drug-likeness (QED) is 0.676.